The fourth-order valence-electron chi connectivity index (χ4n) is 1.32. The normalized spacial score (nSPS) is 10.6. The van der Waals surface area contributed by atoms with Gasteiger partial charge in [-0.1, -0.05) is 37.2 Å². The van der Waals surface area contributed by atoms with Crippen LogP contribution in [0.4, 0.5) is 5.69 Å². The van der Waals surface area contributed by atoms with Gasteiger partial charge in [-0.05, 0) is 19.1 Å². The summed E-state index contributed by atoms with van der Waals surface area (Å²) in [5, 5.41) is 0.287. The van der Waals surface area contributed by atoms with Gasteiger partial charge in [-0.2, -0.15) is 0 Å². The highest BCUT2D eigenvalue weighted by Crippen LogP contribution is 2.24. The van der Waals surface area contributed by atoms with Gasteiger partial charge in [0.25, 0.3) is 0 Å². The molecule has 0 spiro atoms. The Kier molecular flexibility index (Phi) is 5.04. The summed E-state index contributed by atoms with van der Waals surface area (Å²) < 4.78 is 4.95. The summed E-state index contributed by atoms with van der Waals surface area (Å²) >= 11 is 6.00. The Balaban J connectivity index is 3.23. The molecule has 3 nitrogen and oxygen atoms in total. The van der Waals surface area contributed by atoms with Crippen molar-refractivity contribution in [3.05, 3.63) is 28.3 Å². The van der Waals surface area contributed by atoms with Gasteiger partial charge in [0.05, 0.1) is 17.2 Å². The van der Waals surface area contributed by atoms with Crippen molar-refractivity contribution in [2.24, 2.45) is 0 Å². The third-order valence-corrected chi connectivity index (χ3v) is 3.39. The van der Waals surface area contributed by atoms with Crippen molar-refractivity contribution in [2.75, 3.05) is 12.3 Å². The molecular formula is C14H18ClNO2Si. The molecule has 19 heavy (non-hydrogen) atoms. The molecule has 0 aromatic heterocycles. The molecule has 5 heteroatoms. The van der Waals surface area contributed by atoms with E-state index < -0.39 is 14.0 Å². The fourth-order valence-corrected chi connectivity index (χ4v) is 2.08. The van der Waals surface area contributed by atoms with Crippen molar-refractivity contribution >= 4 is 31.3 Å². The molecule has 1 aromatic carbocycles. The summed E-state index contributed by atoms with van der Waals surface area (Å²) in [6.07, 6.45) is 0. The average Bonchev–Trinajstić information content (AvgIpc) is 2.26. The minimum absolute atomic E-state index is 0.287. The first-order chi connectivity index (χ1) is 8.74. The van der Waals surface area contributed by atoms with E-state index in [2.05, 4.69) is 31.1 Å². The highest BCUT2D eigenvalue weighted by molar-refractivity contribution is 6.83. The zero-order chi connectivity index (χ0) is 14.6. The molecule has 0 unspecified atom stereocenters. The number of halogens is 1. The minimum atomic E-state index is -1.50. The molecule has 0 saturated heterocycles. The van der Waals surface area contributed by atoms with Crippen molar-refractivity contribution in [3.8, 4) is 11.5 Å². The first-order valence-corrected chi connectivity index (χ1v) is 9.91. The second kappa shape index (κ2) is 6.13. The van der Waals surface area contributed by atoms with Crippen molar-refractivity contribution in [1.82, 2.24) is 0 Å². The summed E-state index contributed by atoms with van der Waals surface area (Å²) in [4.78, 5) is 11.7. The van der Waals surface area contributed by atoms with Crippen LogP contribution in [0.25, 0.3) is 0 Å². The quantitative estimate of drug-likeness (QED) is 0.394. The van der Waals surface area contributed by atoms with Gasteiger partial charge in [0, 0.05) is 11.3 Å². The SMILES string of the molecule is CCOC(=O)c1cc(C#C[Si](C)(C)C)c(N)cc1Cl. The Morgan fingerprint density at radius 2 is 2.05 bits per heavy atom. The third-order valence-electron chi connectivity index (χ3n) is 2.21. The molecule has 102 valence electrons. The van der Waals surface area contributed by atoms with Gasteiger partial charge in [0.1, 0.15) is 8.07 Å². The molecule has 0 saturated carbocycles. The lowest BCUT2D eigenvalue weighted by Crippen LogP contribution is -2.16. The van der Waals surface area contributed by atoms with Crippen LogP contribution in [0.5, 0.6) is 0 Å². The van der Waals surface area contributed by atoms with Crippen molar-refractivity contribution < 1.29 is 9.53 Å². The summed E-state index contributed by atoms with van der Waals surface area (Å²) in [5.41, 5.74) is 10.5. The number of carbonyl (C=O) groups excluding carboxylic acids is 1. The molecule has 0 fully saturated rings. The standard InChI is InChI=1S/C14H18ClNO2Si/c1-5-18-14(17)11-8-10(6-7-19(2,3)4)13(16)9-12(11)15/h8-9H,5,16H2,1-4H3. The highest BCUT2D eigenvalue weighted by Gasteiger charge is 2.14. The van der Waals surface area contributed by atoms with E-state index in [0.717, 1.165) is 0 Å². The maximum Gasteiger partial charge on any atom is 0.339 e. The molecule has 0 heterocycles. The third kappa shape index (κ3) is 4.62. The van der Waals surface area contributed by atoms with Gasteiger partial charge in [0.2, 0.25) is 0 Å². The zero-order valence-electron chi connectivity index (χ0n) is 11.6. The highest BCUT2D eigenvalue weighted by atomic mass is 35.5. The summed E-state index contributed by atoms with van der Waals surface area (Å²) in [7, 11) is -1.50. The minimum Gasteiger partial charge on any atom is -0.462 e. The molecule has 0 bridgehead atoms. The summed E-state index contributed by atoms with van der Waals surface area (Å²) in [5.74, 6) is 2.58. The van der Waals surface area contributed by atoms with E-state index in [0.29, 0.717) is 23.4 Å². The van der Waals surface area contributed by atoms with Crippen LogP contribution in [0.1, 0.15) is 22.8 Å². The van der Waals surface area contributed by atoms with Crippen LogP contribution in [0.3, 0.4) is 0 Å². The zero-order valence-corrected chi connectivity index (χ0v) is 13.4. The van der Waals surface area contributed by atoms with Crippen molar-refractivity contribution in [3.63, 3.8) is 0 Å². The fraction of sp³-hybridized carbons (Fsp3) is 0.357. The van der Waals surface area contributed by atoms with Gasteiger partial charge in [-0.15, -0.1) is 5.54 Å². The van der Waals surface area contributed by atoms with E-state index in [1.54, 1.807) is 19.1 Å². The van der Waals surface area contributed by atoms with E-state index in [1.807, 2.05) is 0 Å². The van der Waals surface area contributed by atoms with Crippen LogP contribution in [0.2, 0.25) is 24.7 Å². The van der Waals surface area contributed by atoms with Crippen LogP contribution < -0.4 is 5.73 Å². The molecule has 0 aliphatic heterocycles. The van der Waals surface area contributed by atoms with Crippen LogP contribution in [0, 0.1) is 11.5 Å². The van der Waals surface area contributed by atoms with Gasteiger partial charge in [0.15, 0.2) is 0 Å². The molecule has 0 radical (unpaired) electrons. The number of benzene rings is 1. The molecule has 1 rings (SSSR count). The second-order valence-electron chi connectivity index (χ2n) is 5.14. The van der Waals surface area contributed by atoms with E-state index in [1.165, 1.54) is 0 Å². The largest absolute Gasteiger partial charge is 0.462 e. The van der Waals surface area contributed by atoms with Crippen LogP contribution in [-0.2, 0) is 4.74 Å². The van der Waals surface area contributed by atoms with E-state index in [9.17, 15) is 4.79 Å². The Labute approximate surface area is 120 Å². The van der Waals surface area contributed by atoms with Gasteiger partial charge >= 0.3 is 5.97 Å². The summed E-state index contributed by atoms with van der Waals surface area (Å²) in [6, 6.07) is 3.14. The van der Waals surface area contributed by atoms with Gasteiger partial charge < -0.3 is 10.5 Å². The van der Waals surface area contributed by atoms with E-state index in [-0.39, 0.29) is 5.02 Å². The van der Waals surface area contributed by atoms with Gasteiger partial charge in [-0.25, -0.2) is 4.79 Å². The Bertz CT molecular complexity index is 553. The number of rotatable bonds is 2. The molecule has 0 atom stereocenters. The Morgan fingerprint density at radius 1 is 1.42 bits per heavy atom. The lowest BCUT2D eigenvalue weighted by atomic mass is 10.1. The Morgan fingerprint density at radius 3 is 2.58 bits per heavy atom. The first-order valence-electron chi connectivity index (χ1n) is 6.04. The lowest BCUT2D eigenvalue weighted by Gasteiger charge is -2.08. The molecular weight excluding hydrogens is 278 g/mol. The second-order valence-corrected chi connectivity index (χ2v) is 10.3. The van der Waals surface area contributed by atoms with Crippen molar-refractivity contribution in [1.29, 1.82) is 0 Å². The monoisotopic (exact) mass is 295 g/mol. The number of esters is 1. The van der Waals surface area contributed by atoms with Gasteiger partial charge in [-0.3, -0.25) is 0 Å². The average molecular weight is 296 g/mol. The molecule has 2 N–H and O–H groups in total. The van der Waals surface area contributed by atoms with Crippen LogP contribution >= 0.6 is 11.6 Å². The van der Waals surface area contributed by atoms with Crippen LogP contribution in [-0.4, -0.2) is 20.7 Å². The topological polar surface area (TPSA) is 52.3 Å². The number of carbonyl (C=O) groups is 1. The first kappa shape index (κ1) is 15.6. The lowest BCUT2D eigenvalue weighted by molar-refractivity contribution is 0.0526. The number of nitrogen functional groups attached to an aromatic ring is 1. The van der Waals surface area contributed by atoms with Crippen molar-refractivity contribution in [2.45, 2.75) is 26.6 Å². The maximum absolute atomic E-state index is 11.7. The number of nitrogens with two attached hydrogens (primary N) is 1. The molecule has 0 aliphatic carbocycles. The Hall–Kier alpha value is -1.44. The van der Waals surface area contributed by atoms with E-state index >= 15 is 0 Å². The molecule has 1 aromatic rings. The maximum atomic E-state index is 11.7. The molecule has 0 amide bonds. The number of ether oxygens (including phenoxy) is 1. The summed E-state index contributed by atoms with van der Waals surface area (Å²) in [6.45, 7) is 8.46. The number of hydrogen-bond acceptors (Lipinski definition) is 3. The number of hydrogen-bond donors (Lipinski definition) is 1. The van der Waals surface area contributed by atoms with E-state index in [4.69, 9.17) is 22.1 Å². The number of anilines is 1. The predicted molar refractivity (Wildman–Crippen MR) is 82.0 cm³/mol. The molecule has 0 aliphatic rings. The smallest absolute Gasteiger partial charge is 0.339 e. The predicted octanol–water partition coefficient (Wildman–Crippen LogP) is 3.33. The van der Waals surface area contributed by atoms with Crippen LogP contribution in [0.15, 0.2) is 12.1 Å².